The van der Waals surface area contributed by atoms with Gasteiger partial charge in [0.2, 0.25) is 5.91 Å². The molecule has 1 heterocycles. The Morgan fingerprint density at radius 3 is 2.81 bits per heavy atom. The van der Waals surface area contributed by atoms with Crippen molar-refractivity contribution >= 4 is 16.8 Å². The van der Waals surface area contributed by atoms with Gasteiger partial charge >= 0.3 is 0 Å². The van der Waals surface area contributed by atoms with E-state index in [9.17, 15) is 10.1 Å². The predicted molar refractivity (Wildman–Crippen MR) is 81.6 cm³/mol. The summed E-state index contributed by atoms with van der Waals surface area (Å²) in [7, 11) is 1.98. The lowest BCUT2D eigenvalue weighted by molar-refractivity contribution is -0.121. The SMILES string of the molecule is Cn1cc(CC(=O)NC2(C#N)CCCC2)c2ccccc21. The number of para-hydroxylation sites is 1. The Labute approximate surface area is 124 Å². The molecule has 0 radical (unpaired) electrons. The summed E-state index contributed by atoms with van der Waals surface area (Å²) >= 11 is 0. The summed E-state index contributed by atoms with van der Waals surface area (Å²) in [5.41, 5.74) is 1.50. The normalized spacial score (nSPS) is 16.8. The molecular weight excluding hydrogens is 262 g/mol. The monoisotopic (exact) mass is 281 g/mol. The van der Waals surface area contributed by atoms with Crippen LogP contribution in [0, 0.1) is 11.3 Å². The Hall–Kier alpha value is -2.28. The zero-order valence-electron chi connectivity index (χ0n) is 12.2. The third kappa shape index (κ3) is 2.52. The van der Waals surface area contributed by atoms with Gasteiger partial charge in [-0.05, 0) is 37.3 Å². The highest BCUT2D eigenvalue weighted by Crippen LogP contribution is 2.29. The highest BCUT2D eigenvalue weighted by atomic mass is 16.1. The lowest BCUT2D eigenvalue weighted by Gasteiger charge is -2.21. The van der Waals surface area contributed by atoms with Gasteiger partial charge in [-0.1, -0.05) is 18.2 Å². The molecule has 0 saturated heterocycles. The summed E-state index contributed by atoms with van der Waals surface area (Å²) in [6.45, 7) is 0. The predicted octanol–water partition coefficient (Wildman–Crippen LogP) is 2.67. The molecule has 4 heteroatoms. The maximum absolute atomic E-state index is 12.3. The molecule has 1 amide bonds. The molecule has 0 bridgehead atoms. The topological polar surface area (TPSA) is 57.8 Å². The largest absolute Gasteiger partial charge is 0.350 e. The standard InChI is InChI=1S/C17H19N3O/c1-20-11-13(14-6-2-3-7-15(14)20)10-16(21)19-17(12-18)8-4-5-9-17/h2-3,6-7,11H,4-5,8-10H2,1H3,(H,19,21). The summed E-state index contributed by atoms with van der Waals surface area (Å²) in [5, 5.41) is 13.4. The average molecular weight is 281 g/mol. The van der Waals surface area contributed by atoms with Gasteiger partial charge in [0.05, 0.1) is 12.5 Å². The first-order chi connectivity index (χ1) is 10.1. The maximum atomic E-state index is 12.3. The van der Waals surface area contributed by atoms with Crippen molar-refractivity contribution < 1.29 is 4.79 Å². The van der Waals surface area contributed by atoms with Crippen LogP contribution in [0.3, 0.4) is 0 Å². The van der Waals surface area contributed by atoms with E-state index in [1.807, 2.05) is 42.1 Å². The zero-order chi connectivity index (χ0) is 14.9. The van der Waals surface area contributed by atoms with Crippen LogP contribution in [0.5, 0.6) is 0 Å². The second kappa shape index (κ2) is 5.25. The molecule has 4 nitrogen and oxygen atoms in total. The van der Waals surface area contributed by atoms with Crippen LogP contribution in [0.25, 0.3) is 10.9 Å². The minimum Gasteiger partial charge on any atom is -0.350 e. The van der Waals surface area contributed by atoms with Gasteiger partial charge in [-0.3, -0.25) is 4.79 Å². The van der Waals surface area contributed by atoms with E-state index in [4.69, 9.17) is 0 Å². The molecule has 0 unspecified atom stereocenters. The van der Waals surface area contributed by atoms with Crippen molar-refractivity contribution in [3.05, 3.63) is 36.0 Å². The summed E-state index contributed by atoms with van der Waals surface area (Å²) in [4.78, 5) is 12.3. The van der Waals surface area contributed by atoms with Crippen molar-refractivity contribution in [3.63, 3.8) is 0 Å². The van der Waals surface area contributed by atoms with E-state index in [-0.39, 0.29) is 5.91 Å². The Balaban J connectivity index is 1.79. The van der Waals surface area contributed by atoms with Crippen LogP contribution in [-0.2, 0) is 18.3 Å². The molecule has 2 aromatic rings. The third-order valence-corrected chi connectivity index (χ3v) is 4.38. The molecule has 21 heavy (non-hydrogen) atoms. The van der Waals surface area contributed by atoms with Crippen molar-refractivity contribution in [2.75, 3.05) is 0 Å². The Morgan fingerprint density at radius 2 is 2.10 bits per heavy atom. The lowest BCUT2D eigenvalue weighted by Crippen LogP contribution is -2.45. The Bertz CT molecular complexity index is 717. The number of nitrogens with zero attached hydrogens (tertiary/aromatic N) is 2. The van der Waals surface area contributed by atoms with E-state index < -0.39 is 5.54 Å². The van der Waals surface area contributed by atoms with Gasteiger partial charge in [0.1, 0.15) is 5.54 Å². The summed E-state index contributed by atoms with van der Waals surface area (Å²) in [6.07, 6.45) is 5.89. The molecule has 0 spiro atoms. The van der Waals surface area contributed by atoms with E-state index in [0.29, 0.717) is 6.42 Å². The highest BCUT2D eigenvalue weighted by molar-refractivity contribution is 5.89. The first-order valence-corrected chi connectivity index (χ1v) is 7.39. The van der Waals surface area contributed by atoms with Crippen LogP contribution < -0.4 is 5.32 Å². The maximum Gasteiger partial charge on any atom is 0.225 e. The molecule has 0 aliphatic heterocycles. The second-order valence-electron chi connectivity index (χ2n) is 5.91. The molecular formula is C17H19N3O. The number of amides is 1. The Morgan fingerprint density at radius 1 is 1.38 bits per heavy atom. The summed E-state index contributed by atoms with van der Waals surface area (Å²) in [6, 6.07) is 10.4. The highest BCUT2D eigenvalue weighted by Gasteiger charge is 2.35. The van der Waals surface area contributed by atoms with Crippen LogP contribution >= 0.6 is 0 Å². The van der Waals surface area contributed by atoms with Crippen molar-refractivity contribution in [3.8, 4) is 6.07 Å². The van der Waals surface area contributed by atoms with Gasteiger partial charge < -0.3 is 9.88 Å². The number of nitrogens with one attached hydrogen (secondary N) is 1. The van der Waals surface area contributed by atoms with Crippen LogP contribution in [-0.4, -0.2) is 16.0 Å². The van der Waals surface area contributed by atoms with Gasteiger partial charge in [-0.2, -0.15) is 5.26 Å². The van der Waals surface area contributed by atoms with Crippen LogP contribution in [0.15, 0.2) is 30.5 Å². The zero-order valence-corrected chi connectivity index (χ0v) is 12.2. The molecule has 1 N–H and O–H groups in total. The first kappa shape index (κ1) is 13.7. The minimum absolute atomic E-state index is 0.0604. The number of hydrogen-bond acceptors (Lipinski definition) is 2. The number of rotatable bonds is 3. The van der Waals surface area contributed by atoms with Gasteiger partial charge in [-0.25, -0.2) is 0 Å². The quantitative estimate of drug-likeness (QED) is 0.940. The number of aryl methyl sites for hydroxylation is 1. The molecule has 3 rings (SSSR count). The van der Waals surface area contributed by atoms with E-state index in [1.54, 1.807) is 0 Å². The second-order valence-corrected chi connectivity index (χ2v) is 5.91. The average Bonchev–Trinajstić information content (AvgIpc) is 3.06. The van der Waals surface area contributed by atoms with E-state index in [1.165, 1.54) is 0 Å². The molecule has 1 saturated carbocycles. The van der Waals surface area contributed by atoms with E-state index in [0.717, 1.165) is 42.1 Å². The van der Waals surface area contributed by atoms with Crippen molar-refractivity contribution in [2.24, 2.45) is 7.05 Å². The number of nitriles is 1. The molecule has 108 valence electrons. The van der Waals surface area contributed by atoms with Gasteiger partial charge in [-0.15, -0.1) is 0 Å². The number of fused-ring (bicyclic) bond motifs is 1. The number of carbonyl (C=O) groups is 1. The number of aromatic nitrogens is 1. The molecule has 1 aliphatic rings. The van der Waals surface area contributed by atoms with Gasteiger partial charge in [0.15, 0.2) is 0 Å². The fourth-order valence-corrected chi connectivity index (χ4v) is 3.29. The van der Waals surface area contributed by atoms with Gasteiger partial charge in [0.25, 0.3) is 0 Å². The lowest BCUT2D eigenvalue weighted by atomic mass is 9.99. The van der Waals surface area contributed by atoms with Gasteiger partial charge in [0, 0.05) is 24.1 Å². The fraction of sp³-hybridized carbons (Fsp3) is 0.412. The van der Waals surface area contributed by atoms with Crippen LogP contribution in [0.4, 0.5) is 0 Å². The third-order valence-electron chi connectivity index (χ3n) is 4.38. The first-order valence-electron chi connectivity index (χ1n) is 7.39. The minimum atomic E-state index is -0.637. The smallest absolute Gasteiger partial charge is 0.225 e. The van der Waals surface area contributed by atoms with Crippen molar-refractivity contribution in [1.29, 1.82) is 5.26 Å². The number of benzene rings is 1. The van der Waals surface area contributed by atoms with Crippen molar-refractivity contribution in [2.45, 2.75) is 37.6 Å². The summed E-state index contributed by atoms with van der Waals surface area (Å²) < 4.78 is 2.04. The fourth-order valence-electron chi connectivity index (χ4n) is 3.29. The molecule has 1 aliphatic carbocycles. The number of carbonyl (C=O) groups excluding carboxylic acids is 1. The molecule has 1 fully saturated rings. The van der Waals surface area contributed by atoms with E-state index in [2.05, 4.69) is 11.4 Å². The van der Waals surface area contributed by atoms with Crippen molar-refractivity contribution in [1.82, 2.24) is 9.88 Å². The molecule has 0 atom stereocenters. The summed E-state index contributed by atoms with van der Waals surface area (Å²) in [5.74, 6) is -0.0604. The van der Waals surface area contributed by atoms with Crippen LogP contribution in [0.1, 0.15) is 31.2 Å². The van der Waals surface area contributed by atoms with E-state index >= 15 is 0 Å². The molecule has 1 aromatic carbocycles. The van der Waals surface area contributed by atoms with Crippen LogP contribution in [0.2, 0.25) is 0 Å². The Kier molecular flexibility index (Phi) is 3.42. The molecule has 1 aromatic heterocycles. The number of hydrogen-bond donors (Lipinski definition) is 1.